The summed E-state index contributed by atoms with van der Waals surface area (Å²) in [7, 11) is 0. The van der Waals surface area contributed by atoms with Crippen LogP contribution in [-0.2, 0) is 11.3 Å². The van der Waals surface area contributed by atoms with Crippen LogP contribution in [0.4, 0.5) is 0 Å². The number of nitriles is 1. The van der Waals surface area contributed by atoms with Gasteiger partial charge in [-0.25, -0.2) is 0 Å². The minimum atomic E-state index is -0.297. The lowest BCUT2D eigenvalue weighted by atomic mass is 10.2. The van der Waals surface area contributed by atoms with Crippen LogP contribution in [0.15, 0.2) is 42.1 Å². The third-order valence-electron chi connectivity index (χ3n) is 3.35. The fourth-order valence-corrected chi connectivity index (χ4v) is 1.95. The Labute approximate surface area is 133 Å². The average Bonchev–Trinajstić information content (AvgIpc) is 2.52. The van der Waals surface area contributed by atoms with Crippen LogP contribution >= 0.6 is 0 Å². The Morgan fingerprint density at radius 2 is 2.05 bits per heavy atom. The smallest absolute Gasteiger partial charge is 0.263 e. The summed E-state index contributed by atoms with van der Waals surface area (Å²) in [5.41, 5.74) is 1.30. The lowest BCUT2D eigenvalue weighted by Crippen LogP contribution is -2.30. The van der Waals surface area contributed by atoms with E-state index in [1.54, 1.807) is 6.20 Å². The fourth-order valence-electron chi connectivity index (χ4n) is 1.95. The molecule has 1 aromatic carbocycles. The van der Waals surface area contributed by atoms with Gasteiger partial charge in [0.2, 0.25) is 0 Å². The third kappa shape index (κ3) is 6.01. The summed E-state index contributed by atoms with van der Waals surface area (Å²) in [4.78, 5) is 14.0. The van der Waals surface area contributed by atoms with Crippen LogP contribution in [0.25, 0.3) is 0 Å². The molecule has 0 aliphatic heterocycles. The molecule has 0 saturated carbocycles. The van der Waals surface area contributed by atoms with Crippen molar-refractivity contribution in [3.05, 3.63) is 47.7 Å². The first-order chi connectivity index (χ1) is 10.6. The normalized spacial score (nSPS) is 11.1. The Kier molecular flexibility index (Phi) is 7.77. The van der Waals surface area contributed by atoms with Crippen LogP contribution in [0.3, 0.4) is 0 Å². The minimum absolute atomic E-state index is 0.153. The van der Waals surface area contributed by atoms with Crippen molar-refractivity contribution in [2.24, 2.45) is 0 Å². The molecule has 4 nitrogen and oxygen atoms in total. The van der Waals surface area contributed by atoms with Crippen molar-refractivity contribution in [1.29, 1.82) is 5.26 Å². The Hall–Kier alpha value is -2.28. The number of carbonyl (C=O) groups excluding carboxylic acids is 1. The molecular formula is C18H25N3O. The number of benzene rings is 1. The lowest BCUT2D eigenvalue weighted by molar-refractivity contribution is -0.117. The van der Waals surface area contributed by atoms with Gasteiger partial charge >= 0.3 is 0 Å². The highest BCUT2D eigenvalue weighted by Gasteiger charge is 2.13. The van der Waals surface area contributed by atoms with E-state index in [9.17, 15) is 10.1 Å². The zero-order chi connectivity index (χ0) is 16.4. The standard InChI is InChI=1S/C18H25N3O/c1-4-5-11-20-18(22)17(12-19)14-21(15(2)3)13-16-9-7-6-8-10-16/h6-10,14-15H,4-5,11,13H2,1-3H3,(H,20,22)/b17-14-. The average molecular weight is 299 g/mol. The summed E-state index contributed by atoms with van der Waals surface area (Å²) in [6.07, 6.45) is 3.60. The molecule has 0 heterocycles. The van der Waals surface area contributed by atoms with E-state index in [-0.39, 0.29) is 17.5 Å². The predicted molar refractivity (Wildman–Crippen MR) is 88.7 cm³/mol. The van der Waals surface area contributed by atoms with Crippen molar-refractivity contribution >= 4 is 5.91 Å². The van der Waals surface area contributed by atoms with Crippen LogP contribution in [0.1, 0.15) is 39.2 Å². The second-order valence-electron chi connectivity index (χ2n) is 5.52. The first kappa shape index (κ1) is 17.8. The van der Waals surface area contributed by atoms with Gasteiger partial charge in [0.15, 0.2) is 0 Å². The zero-order valence-corrected chi connectivity index (χ0v) is 13.7. The van der Waals surface area contributed by atoms with Gasteiger partial charge in [0.05, 0.1) is 0 Å². The molecule has 0 aliphatic carbocycles. The second-order valence-corrected chi connectivity index (χ2v) is 5.52. The fraction of sp³-hybridized carbons (Fsp3) is 0.444. The highest BCUT2D eigenvalue weighted by molar-refractivity contribution is 5.97. The molecule has 1 aromatic rings. The lowest BCUT2D eigenvalue weighted by Gasteiger charge is -2.25. The van der Waals surface area contributed by atoms with Gasteiger partial charge in [-0.15, -0.1) is 0 Å². The minimum Gasteiger partial charge on any atom is -0.369 e. The highest BCUT2D eigenvalue weighted by atomic mass is 16.1. The molecule has 0 radical (unpaired) electrons. The maximum atomic E-state index is 12.0. The maximum Gasteiger partial charge on any atom is 0.263 e. The summed E-state index contributed by atoms with van der Waals surface area (Å²) < 4.78 is 0. The molecule has 4 heteroatoms. The molecular weight excluding hydrogens is 274 g/mol. The van der Waals surface area contributed by atoms with Crippen LogP contribution in [0.5, 0.6) is 0 Å². The van der Waals surface area contributed by atoms with Gasteiger partial charge in [-0.1, -0.05) is 43.7 Å². The van der Waals surface area contributed by atoms with Crippen molar-refractivity contribution < 1.29 is 4.79 Å². The molecule has 118 valence electrons. The molecule has 0 saturated heterocycles. The van der Waals surface area contributed by atoms with Crippen LogP contribution in [-0.4, -0.2) is 23.4 Å². The van der Waals surface area contributed by atoms with Gasteiger partial charge in [-0.3, -0.25) is 4.79 Å². The summed E-state index contributed by atoms with van der Waals surface area (Å²) >= 11 is 0. The molecule has 0 aromatic heterocycles. The van der Waals surface area contributed by atoms with Crippen molar-refractivity contribution in [2.75, 3.05) is 6.54 Å². The zero-order valence-electron chi connectivity index (χ0n) is 13.7. The monoisotopic (exact) mass is 299 g/mol. The molecule has 1 amide bonds. The molecule has 0 unspecified atom stereocenters. The summed E-state index contributed by atoms with van der Waals surface area (Å²) in [6, 6.07) is 12.2. The van der Waals surface area contributed by atoms with E-state index >= 15 is 0 Å². The summed E-state index contributed by atoms with van der Waals surface area (Å²) in [5.74, 6) is -0.297. The molecule has 0 atom stereocenters. The van der Waals surface area contributed by atoms with E-state index in [1.165, 1.54) is 0 Å². The van der Waals surface area contributed by atoms with Crippen LogP contribution in [0.2, 0.25) is 0 Å². The maximum absolute atomic E-state index is 12.0. The number of rotatable bonds is 8. The first-order valence-electron chi connectivity index (χ1n) is 7.78. The quantitative estimate of drug-likeness (QED) is 0.455. The molecule has 22 heavy (non-hydrogen) atoms. The van der Waals surface area contributed by atoms with Gasteiger partial charge in [0, 0.05) is 25.3 Å². The van der Waals surface area contributed by atoms with E-state index in [4.69, 9.17) is 0 Å². The SMILES string of the molecule is CCCCNC(=O)/C(C#N)=C\N(Cc1ccccc1)C(C)C. The number of nitrogens with zero attached hydrogens (tertiary/aromatic N) is 2. The van der Waals surface area contributed by atoms with Gasteiger partial charge in [0.1, 0.15) is 11.6 Å². The highest BCUT2D eigenvalue weighted by Crippen LogP contribution is 2.10. The van der Waals surface area contributed by atoms with Crippen molar-refractivity contribution in [3.8, 4) is 6.07 Å². The molecule has 0 fully saturated rings. The summed E-state index contributed by atoms with van der Waals surface area (Å²) in [5, 5.41) is 12.0. The van der Waals surface area contributed by atoms with Gasteiger partial charge < -0.3 is 10.2 Å². The Morgan fingerprint density at radius 3 is 2.59 bits per heavy atom. The third-order valence-corrected chi connectivity index (χ3v) is 3.35. The topological polar surface area (TPSA) is 56.1 Å². The molecule has 1 N–H and O–H groups in total. The van der Waals surface area contributed by atoms with E-state index in [1.807, 2.05) is 55.1 Å². The number of hydrogen-bond donors (Lipinski definition) is 1. The number of carbonyl (C=O) groups is 1. The van der Waals surface area contributed by atoms with Gasteiger partial charge in [-0.05, 0) is 25.8 Å². The number of hydrogen-bond acceptors (Lipinski definition) is 3. The predicted octanol–water partition coefficient (Wildman–Crippen LogP) is 3.22. The van der Waals surface area contributed by atoms with E-state index in [0.717, 1.165) is 18.4 Å². The number of nitrogens with one attached hydrogen (secondary N) is 1. The molecule has 0 spiro atoms. The second kappa shape index (κ2) is 9.62. The van der Waals surface area contributed by atoms with Crippen LogP contribution in [0, 0.1) is 11.3 Å². The van der Waals surface area contributed by atoms with Crippen molar-refractivity contribution in [2.45, 2.75) is 46.2 Å². The Morgan fingerprint density at radius 1 is 1.36 bits per heavy atom. The Bertz CT molecular complexity index is 529. The molecule has 0 bridgehead atoms. The van der Waals surface area contributed by atoms with E-state index < -0.39 is 0 Å². The van der Waals surface area contributed by atoms with Crippen molar-refractivity contribution in [1.82, 2.24) is 10.2 Å². The van der Waals surface area contributed by atoms with E-state index in [2.05, 4.69) is 12.2 Å². The largest absolute Gasteiger partial charge is 0.369 e. The van der Waals surface area contributed by atoms with Crippen LogP contribution < -0.4 is 5.32 Å². The van der Waals surface area contributed by atoms with Gasteiger partial charge in [-0.2, -0.15) is 5.26 Å². The van der Waals surface area contributed by atoms with E-state index in [0.29, 0.717) is 13.1 Å². The molecule has 0 aliphatic rings. The summed E-state index contributed by atoms with van der Waals surface area (Å²) in [6.45, 7) is 7.43. The first-order valence-corrected chi connectivity index (χ1v) is 7.78. The van der Waals surface area contributed by atoms with Crippen molar-refractivity contribution in [3.63, 3.8) is 0 Å². The van der Waals surface area contributed by atoms with Gasteiger partial charge in [0.25, 0.3) is 5.91 Å². The molecule has 1 rings (SSSR count). The Balaban J connectivity index is 2.81. The number of amides is 1. The number of unbranched alkanes of at least 4 members (excludes halogenated alkanes) is 1.